The summed E-state index contributed by atoms with van der Waals surface area (Å²) in [5.74, 6) is 3.63. The minimum atomic E-state index is -1.88. The van der Waals surface area contributed by atoms with Gasteiger partial charge in [-0.05, 0) is 64.9 Å². The van der Waals surface area contributed by atoms with E-state index in [4.69, 9.17) is 9.97 Å². The van der Waals surface area contributed by atoms with Crippen molar-refractivity contribution in [2.75, 3.05) is 0 Å². The van der Waals surface area contributed by atoms with E-state index in [0.29, 0.717) is 41.4 Å². The number of nitrogens with zero attached hydrogens (tertiary/aromatic N) is 2. The van der Waals surface area contributed by atoms with E-state index in [0.717, 1.165) is 23.2 Å². The van der Waals surface area contributed by atoms with Gasteiger partial charge in [-0.2, -0.15) is 0 Å². The van der Waals surface area contributed by atoms with Gasteiger partial charge in [0.1, 0.15) is 6.33 Å². The zero-order chi connectivity index (χ0) is 44.9. The number of hydrogen-bond donors (Lipinski definition) is 1. The van der Waals surface area contributed by atoms with Gasteiger partial charge in [-0.3, -0.25) is 9.78 Å². The maximum atomic E-state index is 12.3. The topological polar surface area (TPSA) is 63.1 Å². The van der Waals surface area contributed by atoms with E-state index < -0.39 is 8.07 Å². The van der Waals surface area contributed by atoms with Gasteiger partial charge in [0.05, 0.1) is 19.3 Å². The van der Waals surface area contributed by atoms with Crippen LogP contribution in [0, 0.1) is 64.7 Å². The second-order valence-electron chi connectivity index (χ2n) is 21.8. The maximum absolute atomic E-state index is 12.3. The molecule has 2 aromatic heterocycles. The average Bonchev–Trinajstić information content (AvgIpc) is 3.47. The number of rotatable bonds is 16. The monoisotopic (exact) mass is 1040 g/mol. The van der Waals surface area contributed by atoms with Gasteiger partial charge in [0.2, 0.25) is 0 Å². The van der Waals surface area contributed by atoms with Crippen molar-refractivity contribution in [3.63, 3.8) is 0 Å². The normalized spacial score (nSPS) is 13.0. The Hall–Kier alpha value is -2.70. The fourth-order valence-corrected chi connectivity index (χ4v) is 18.8. The molecule has 0 unspecified atom stereocenters. The number of carbonyl (C=O) groups is 1. The fraction of sp³-hybridized carbons (Fsp3) is 0.574. The summed E-state index contributed by atoms with van der Waals surface area (Å²) in [7, 11) is -1.88. The molecule has 3 aromatic carbocycles. The molecule has 0 aliphatic heterocycles. The van der Waals surface area contributed by atoms with Crippen LogP contribution in [0.4, 0.5) is 0 Å². The molecule has 0 spiro atoms. The van der Waals surface area contributed by atoms with Crippen molar-refractivity contribution in [1.82, 2.24) is 9.97 Å². The van der Waals surface area contributed by atoms with E-state index in [1.807, 2.05) is 11.3 Å². The van der Waals surface area contributed by atoms with Crippen molar-refractivity contribution in [2.45, 2.75) is 142 Å². The van der Waals surface area contributed by atoms with Gasteiger partial charge in [0.25, 0.3) is 0 Å². The van der Waals surface area contributed by atoms with E-state index in [1.54, 1.807) is 11.5 Å². The number of aliphatic hydroxyl groups excluding tert-OH is 1. The summed E-state index contributed by atoms with van der Waals surface area (Å²) >= 11 is 1.84. The first-order valence-corrected chi connectivity index (χ1v) is 26.4. The second-order valence-corrected chi connectivity index (χ2v) is 27.2. The van der Waals surface area contributed by atoms with Crippen LogP contribution in [0.2, 0.25) is 18.1 Å². The number of hydrogen-bond acceptors (Lipinski definition) is 5. The Bertz CT molecular complexity index is 2180. The maximum Gasteiger partial charge on any atom is 0.162 e. The third kappa shape index (κ3) is 13.6. The smallest absolute Gasteiger partial charge is 0.162 e. The first-order chi connectivity index (χ1) is 27.9. The van der Waals surface area contributed by atoms with Crippen LogP contribution in [0.15, 0.2) is 66.7 Å². The van der Waals surface area contributed by atoms with Crippen LogP contribution in [0.3, 0.4) is 0 Å². The molecular weight excluding hydrogens is 961 g/mol. The summed E-state index contributed by atoms with van der Waals surface area (Å²) < 4.78 is 2.48. The number of ketones is 1. The van der Waals surface area contributed by atoms with E-state index in [2.05, 4.69) is 172 Å². The van der Waals surface area contributed by atoms with E-state index in [-0.39, 0.29) is 48.9 Å². The molecule has 4 nitrogen and oxygen atoms in total. The van der Waals surface area contributed by atoms with Crippen LogP contribution in [0.1, 0.15) is 123 Å². The van der Waals surface area contributed by atoms with Crippen molar-refractivity contribution >= 4 is 61.5 Å². The fourth-order valence-electron chi connectivity index (χ4n) is 10.5. The summed E-state index contributed by atoms with van der Waals surface area (Å²) in [6.45, 7) is 38.0. The molecule has 1 radical (unpaired) electrons. The molecule has 1 N–H and O–H groups in total. The van der Waals surface area contributed by atoms with Crippen LogP contribution in [0.25, 0.3) is 42.3 Å². The van der Waals surface area contributed by atoms with Crippen LogP contribution < -0.4 is 5.19 Å². The SMILES string of the molecule is CC(C)C(C(=O)/C=C(\O)C(C(C)C)C(C)C)C(C)C.CC(C)C[Si](CC(C)C)(CC(C)C)c1cc(-c2ncnc3c2sc2cc(CC(C)(C)C)ccc23)[c-]c2ccccc12.[Ir]. The molecule has 0 fully saturated rings. The van der Waals surface area contributed by atoms with Gasteiger partial charge in [-0.15, -0.1) is 40.1 Å². The Morgan fingerprint density at radius 1 is 0.738 bits per heavy atom. The predicted molar refractivity (Wildman–Crippen MR) is 266 cm³/mol. The Morgan fingerprint density at radius 3 is 1.79 bits per heavy atom. The van der Waals surface area contributed by atoms with Crippen molar-refractivity contribution in [2.24, 2.45) is 58.7 Å². The van der Waals surface area contributed by atoms with Crippen LogP contribution in [0.5, 0.6) is 0 Å². The van der Waals surface area contributed by atoms with E-state index in [1.165, 1.54) is 55.3 Å². The first-order valence-electron chi connectivity index (χ1n) is 23.0. The largest absolute Gasteiger partial charge is 0.512 e. The van der Waals surface area contributed by atoms with Gasteiger partial charge in [0, 0.05) is 58.5 Å². The molecule has 0 amide bonds. The number of aliphatic hydroxyl groups is 1. The summed E-state index contributed by atoms with van der Waals surface area (Å²) in [5, 5.41) is 15.7. The number of aromatic nitrogens is 2. The molecule has 2 heterocycles. The van der Waals surface area contributed by atoms with Crippen molar-refractivity contribution < 1.29 is 30.0 Å². The summed E-state index contributed by atoms with van der Waals surface area (Å²) in [5.41, 5.74) is 4.86. The molecule has 7 heteroatoms. The van der Waals surface area contributed by atoms with Crippen LogP contribution in [-0.2, 0) is 31.3 Å². The first kappa shape index (κ1) is 52.6. The standard InChI is InChI=1S/C37H47N2SSi.C17H32O2.Ir/c1-24(2)20-41(21-25(3)4,22-26(5)6)33-18-29(17-28-12-10-11-13-30(28)33)34-36-35(39-23-38-34)31-15-14-27(16-32(31)40-36)19-37(7,8)9;1-10(2)16(11(3)4)14(18)9-15(19)17(12(5)6)13(7)8;/h10-16,18,23-26H,19-22H2,1-9H3;9-13,16-18H,1-8H3;/q-1;;/b;14-9-;. The Kier molecular flexibility index (Phi) is 19.2. The average molecular weight is 1040 g/mol. The van der Waals surface area contributed by atoms with E-state index in [9.17, 15) is 9.90 Å². The number of fused-ring (bicyclic) bond motifs is 4. The molecule has 61 heavy (non-hydrogen) atoms. The van der Waals surface area contributed by atoms with Gasteiger partial charge in [0.15, 0.2) is 5.78 Å². The van der Waals surface area contributed by atoms with E-state index >= 15 is 0 Å². The minimum Gasteiger partial charge on any atom is -0.512 e. The third-order valence-corrected chi connectivity index (χ3v) is 19.4. The van der Waals surface area contributed by atoms with Crippen molar-refractivity contribution in [3.8, 4) is 11.3 Å². The zero-order valence-electron chi connectivity index (χ0n) is 40.8. The molecule has 0 aliphatic rings. The van der Waals surface area contributed by atoms with Gasteiger partial charge in [-0.25, -0.2) is 4.98 Å². The van der Waals surface area contributed by atoms with Gasteiger partial charge < -0.3 is 5.11 Å². The van der Waals surface area contributed by atoms with Gasteiger partial charge in [-0.1, -0.05) is 177 Å². The molecule has 0 saturated heterocycles. The summed E-state index contributed by atoms with van der Waals surface area (Å²) in [4.78, 5) is 22.1. The predicted octanol–water partition coefficient (Wildman–Crippen LogP) is 15.5. The number of allylic oxidation sites excluding steroid dienone is 2. The number of benzene rings is 3. The van der Waals surface area contributed by atoms with Crippen molar-refractivity contribution in [3.05, 3.63) is 78.3 Å². The van der Waals surface area contributed by atoms with Gasteiger partial charge >= 0.3 is 0 Å². The zero-order valence-corrected chi connectivity index (χ0v) is 45.0. The second kappa shape index (κ2) is 22.3. The Morgan fingerprint density at radius 2 is 1.28 bits per heavy atom. The Balaban J connectivity index is 0.000000422. The van der Waals surface area contributed by atoms with Crippen LogP contribution >= 0.6 is 11.3 Å². The molecule has 0 bridgehead atoms. The van der Waals surface area contributed by atoms with Crippen molar-refractivity contribution in [1.29, 1.82) is 0 Å². The molecule has 5 rings (SSSR count). The quantitative estimate of drug-likeness (QED) is 0.0463. The minimum absolute atomic E-state index is 0. The molecule has 5 aromatic rings. The summed E-state index contributed by atoms with van der Waals surface area (Å²) in [6.07, 6.45) is 4.30. The molecule has 0 aliphatic carbocycles. The molecule has 0 saturated carbocycles. The molecule has 0 atom stereocenters. The number of carbonyl (C=O) groups excluding carboxylic acids is 1. The molecular formula is C54H79IrN2O2SSi-. The molecule has 337 valence electrons. The number of thiophene rings is 1. The third-order valence-electron chi connectivity index (χ3n) is 11.9. The summed E-state index contributed by atoms with van der Waals surface area (Å²) in [6, 6.07) is 26.2. The van der Waals surface area contributed by atoms with Crippen LogP contribution in [-0.4, -0.2) is 28.9 Å². The Labute approximate surface area is 389 Å².